The van der Waals surface area contributed by atoms with E-state index in [9.17, 15) is 13.2 Å². The van der Waals surface area contributed by atoms with Crippen molar-refractivity contribution in [1.29, 1.82) is 0 Å². The quantitative estimate of drug-likeness (QED) is 0.237. The zero-order chi connectivity index (χ0) is 27.9. The van der Waals surface area contributed by atoms with E-state index in [-0.39, 0.29) is 29.6 Å². The molecular formula is C29H25F4N5O2. The molecule has 0 aliphatic carbocycles. The van der Waals surface area contributed by atoms with E-state index in [1.54, 1.807) is 17.7 Å². The van der Waals surface area contributed by atoms with Crippen LogP contribution in [0.2, 0.25) is 0 Å². The van der Waals surface area contributed by atoms with Crippen molar-refractivity contribution < 1.29 is 26.7 Å². The van der Waals surface area contributed by atoms with Gasteiger partial charge in [0.2, 0.25) is 5.89 Å². The van der Waals surface area contributed by atoms with Crippen LogP contribution in [0.4, 0.5) is 17.6 Å². The molecule has 0 amide bonds. The Balaban J connectivity index is 1.50. The van der Waals surface area contributed by atoms with Crippen molar-refractivity contribution in [1.82, 2.24) is 25.1 Å². The van der Waals surface area contributed by atoms with E-state index in [1.807, 2.05) is 30.3 Å². The van der Waals surface area contributed by atoms with Gasteiger partial charge in [-0.25, -0.2) is 9.37 Å². The zero-order valence-electron chi connectivity index (χ0n) is 21.5. The molecule has 0 radical (unpaired) electrons. The second kappa shape index (κ2) is 10.5. The van der Waals surface area contributed by atoms with Crippen LogP contribution in [0.1, 0.15) is 24.0 Å². The molecule has 1 fully saturated rings. The lowest BCUT2D eigenvalue weighted by Crippen LogP contribution is -2.25. The standard InChI is InChI=1S/C29H25F4N5O2/c1-38-16-35-37-27(38)24-20(18-6-3-2-4-7-18)9-10-22(30)25(24)28-36-23-13-17(14-34-15-19-8-5-11-39-19)12-21(26(23)40-28)29(31,32)33/h2-4,6-7,9-10,12-13,16,19,34H,5,8,11,14-15H2,1H3/t19-/m1/s1. The smallest absolute Gasteiger partial charge is 0.420 e. The van der Waals surface area contributed by atoms with E-state index in [0.717, 1.165) is 24.5 Å². The molecule has 3 heterocycles. The monoisotopic (exact) mass is 551 g/mol. The van der Waals surface area contributed by atoms with Crippen molar-refractivity contribution in [2.45, 2.75) is 31.7 Å². The molecule has 1 N–H and O–H groups in total. The maximum absolute atomic E-state index is 15.6. The Morgan fingerprint density at radius 3 is 2.60 bits per heavy atom. The SMILES string of the molecule is Cn1cnnc1-c1c(-c2ccccc2)ccc(F)c1-c1nc2cc(CNC[C@H]3CCCO3)cc(C(F)(F)F)c2o1. The number of aryl methyl sites for hydroxylation is 1. The number of oxazole rings is 1. The minimum absolute atomic E-state index is 0.0211. The van der Waals surface area contributed by atoms with Crippen molar-refractivity contribution >= 4 is 11.1 Å². The molecule has 0 spiro atoms. The molecule has 1 atom stereocenters. The van der Waals surface area contributed by atoms with Gasteiger partial charge in [-0.1, -0.05) is 36.4 Å². The summed E-state index contributed by atoms with van der Waals surface area (Å²) in [6.45, 7) is 1.40. The molecule has 1 aliphatic rings. The topological polar surface area (TPSA) is 78.0 Å². The molecule has 3 aromatic carbocycles. The lowest BCUT2D eigenvalue weighted by atomic mass is 9.94. The Kier molecular flexibility index (Phi) is 6.85. The Bertz CT molecular complexity index is 1660. The second-order valence-corrected chi connectivity index (χ2v) is 9.75. The van der Waals surface area contributed by atoms with Gasteiger partial charge in [0.1, 0.15) is 23.2 Å². The Labute approximate surface area is 226 Å². The first kappa shape index (κ1) is 26.1. The van der Waals surface area contributed by atoms with E-state index in [0.29, 0.717) is 35.7 Å². The van der Waals surface area contributed by atoms with Gasteiger partial charge in [-0.05, 0) is 47.7 Å². The molecule has 5 aromatic rings. The van der Waals surface area contributed by atoms with E-state index in [2.05, 4.69) is 20.5 Å². The number of nitrogens with zero attached hydrogens (tertiary/aromatic N) is 4. The maximum Gasteiger partial charge on any atom is 0.420 e. The normalized spacial score (nSPS) is 15.8. The van der Waals surface area contributed by atoms with Gasteiger partial charge < -0.3 is 19.0 Å². The fourth-order valence-corrected chi connectivity index (χ4v) is 5.08. The molecule has 11 heteroatoms. The van der Waals surface area contributed by atoms with Crippen LogP contribution in [-0.2, 0) is 24.5 Å². The van der Waals surface area contributed by atoms with Crippen molar-refractivity contribution in [2.75, 3.05) is 13.2 Å². The Morgan fingerprint density at radius 2 is 1.90 bits per heavy atom. The van der Waals surface area contributed by atoms with Gasteiger partial charge in [-0.2, -0.15) is 13.2 Å². The minimum atomic E-state index is -4.71. The zero-order valence-corrected chi connectivity index (χ0v) is 21.5. The minimum Gasteiger partial charge on any atom is -0.435 e. The highest BCUT2D eigenvalue weighted by molar-refractivity contribution is 5.92. The average Bonchev–Trinajstić information content (AvgIpc) is 3.69. The Morgan fingerprint density at radius 1 is 1.07 bits per heavy atom. The van der Waals surface area contributed by atoms with Crippen LogP contribution in [0.5, 0.6) is 0 Å². The number of hydrogen-bond acceptors (Lipinski definition) is 6. The van der Waals surface area contributed by atoms with Gasteiger partial charge in [-0.3, -0.25) is 0 Å². The van der Waals surface area contributed by atoms with Crippen LogP contribution >= 0.6 is 0 Å². The summed E-state index contributed by atoms with van der Waals surface area (Å²) in [5, 5.41) is 11.3. The second-order valence-electron chi connectivity index (χ2n) is 9.75. The predicted octanol–water partition coefficient (Wildman–Crippen LogP) is 6.38. The molecule has 0 saturated carbocycles. The third kappa shape index (κ3) is 4.98. The number of halogens is 4. The number of ether oxygens (including phenoxy) is 1. The number of fused-ring (bicyclic) bond motifs is 1. The summed E-state index contributed by atoms with van der Waals surface area (Å²) in [4.78, 5) is 4.38. The van der Waals surface area contributed by atoms with E-state index < -0.39 is 23.1 Å². The number of rotatable bonds is 7. The summed E-state index contributed by atoms with van der Waals surface area (Å²) in [6.07, 6.45) is -1.33. The summed E-state index contributed by atoms with van der Waals surface area (Å²) in [5.74, 6) is -0.680. The summed E-state index contributed by atoms with van der Waals surface area (Å²) in [7, 11) is 1.70. The van der Waals surface area contributed by atoms with Crippen molar-refractivity contribution in [3.8, 4) is 34.0 Å². The molecule has 0 unspecified atom stereocenters. The molecule has 2 aromatic heterocycles. The van der Waals surface area contributed by atoms with Gasteiger partial charge in [0, 0.05) is 32.3 Å². The highest BCUT2D eigenvalue weighted by Crippen LogP contribution is 2.43. The van der Waals surface area contributed by atoms with Gasteiger partial charge in [0.15, 0.2) is 11.4 Å². The number of nitrogens with one attached hydrogen (secondary N) is 1. The summed E-state index contributed by atoms with van der Waals surface area (Å²) >= 11 is 0. The molecule has 206 valence electrons. The average molecular weight is 552 g/mol. The summed E-state index contributed by atoms with van der Waals surface area (Å²) < 4.78 is 71.0. The molecule has 6 rings (SSSR count). The number of aromatic nitrogens is 4. The van der Waals surface area contributed by atoms with Gasteiger partial charge >= 0.3 is 6.18 Å². The fourth-order valence-electron chi connectivity index (χ4n) is 5.08. The third-order valence-electron chi connectivity index (χ3n) is 6.97. The molecule has 40 heavy (non-hydrogen) atoms. The van der Waals surface area contributed by atoms with Crippen LogP contribution in [0.25, 0.3) is 45.1 Å². The number of benzene rings is 3. The van der Waals surface area contributed by atoms with Gasteiger partial charge in [0.25, 0.3) is 0 Å². The number of hydrogen-bond donors (Lipinski definition) is 1. The largest absolute Gasteiger partial charge is 0.435 e. The van der Waals surface area contributed by atoms with E-state index >= 15 is 4.39 Å². The van der Waals surface area contributed by atoms with Crippen molar-refractivity contribution in [3.63, 3.8) is 0 Å². The Hall–Kier alpha value is -4.09. The molecule has 0 bridgehead atoms. The maximum atomic E-state index is 15.6. The van der Waals surface area contributed by atoms with E-state index in [1.165, 1.54) is 18.5 Å². The van der Waals surface area contributed by atoms with Crippen LogP contribution < -0.4 is 5.32 Å². The third-order valence-corrected chi connectivity index (χ3v) is 6.97. The predicted molar refractivity (Wildman–Crippen MR) is 141 cm³/mol. The lowest BCUT2D eigenvalue weighted by Gasteiger charge is -2.14. The van der Waals surface area contributed by atoms with Gasteiger partial charge in [0.05, 0.1) is 11.7 Å². The highest BCUT2D eigenvalue weighted by atomic mass is 19.4. The van der Waals surface area contributed by atoms with Crippen LogP contribution in [0.15, 0.2) is 65.3 Å². The molecular weight excluding hydrogens is 526 g/mol. The van der Waals surface area contributed by atoms with Gasteiger partial charge in [-0.15, -0.1) is 10.2 Å². The number of alkyl halides is 3. The first-order valence-electron chi connectivity index (χ1n) is 12.8. The molecule has 1 saturated heterocycles. The molecule has 1 aliphatic heterocycles. The summed E-state index contributed by atoms with van der Waals surface area (Å²) in [6, 6.07) is 14.6. The van der Waals surface area contributed by atoms with E-state index in [4.69, 9.17) is 9.15 Å². The fraction of sp³-hybridized carbons (Fsp3) is 0.276. The highest BCUT2D eigenvalue weighted by Gasteiger charge is 2.36. The van der Waals surface area contributed by atoms with Crippen molar-refractivity contribution in [2.24, 2.45) is 7.05 Å². The first-order chi connectivity index (χ1) is 19.3. The summed E-state index contributed by atoms with van der Waals surface area (Å²) in [5.41, 5.74) is 0.497. The van der Waals surface area contributed by atoms with Crippen LogP contribution in [0, 0.1) is 5.82 Å². The first-order valence-corrected chi connectivity index (χ1v) is 12.8. The molecule has 7 nitrogen and oxygen atoms in total. The van der Waals surface area contributed by atoms with Crippen molar-refractivity contribution in [3.05, 3.63) is 77.9 Å². The van der Waals surface area contributed by atoms with Crippen LogP contribution in [0.3, 0.4) is 0 Å². The van der Waals surface area contributed by atoms with Crippen LogP contribution in [-0.4, -0.2) is 39.0 Å². The lowest BCUT2D eigenvalue weighted by molar-refractivity contribution is -0.136.